The molecular weight excluding hydrogens is 257 g/mol. The van der Waals surface area contributed by atoms with Gasteiger partial charge in [-0.3, -0.25) is 0 Å². The molecule has 112 valence electrons. The first-order valence-corrected chi connectivity index (χ1v) is 7.30. The summed E-state index contributed by atoms with van der Waals surface area (Å²) in [4.78, 5) is 2.44. The Bertz CT molecular complexity index is 431. The highest BCUT2D eigenvalue weighted by Gasteiger charge is 2.10. The van der Waals surface area contributed by atoms with Crippen LogP contribution < -0.4 is 15.8 Å². The van der Waals surface area contributed by atoms with E-state index in [1.807, 2.05) is 0 Å². The van der Waals surface area contributed by atoms with Crippen molar-refractivity contribution in [3.05, 3.63) is 17.9 Å². The van der Waals surface area contributed by atoms with Crippen molar-refractivity contribution in [2.24, 2.45) is 0 Å². The van der Waals surface area contributed by atoms with Crippen molar-refractivity contribution in [2.45, 2.75) is 25.7 Å². The molecule has 1 saturated heterocycles. The molecule has 1 aliphatic rings. The monoisotopic (exact) mass is 281 g/mol. The number of hydrogen-bond acceptors (Lipinski definition) is 4. The maximum atomic E-state index is 13.8. The molecule has 3 N–H and O–H groups in total. The first kappa shape index (κ1) is 14.9. The Balaban J connectivity index is 1.87. The number of rotatable bonds is 5. The molecule has 4 nitrogen and oxygen atoms in total. The van der Waals surface area contributed by atoms with Gasteiger partial charge in [-0.15, -0.1) is 0 Å². The lowest BCUT2D eigenvalue weighted by molar-refractivity contribution is 0.296. The van der Waals surface area contributed by atoms with Crippen molar-refractivity contribution in [1.82, 2.24) is 4.90 Å². The molecule has 2 rings (SSSR count). The van der Waals surface area contributed by atoms with Crippen LogP contribution in [0.2, 0.25) is 0 Å². The number of nitrogens with two attached hydrogens (primary N) is 1. The van der Waals surface area contributed by atoms with Crippen molar-refractivity contribution >= 4 is 11.4 Å². The molecule has 1 aliphatic heterocycles. The van der Waals surface area contributed by atoms with E-state index in [0.717, 1.165) is 26.2 Å². The van der Waals surface area contributed by atoms with E-state index >= 15 is 0 Å². The number of hydrogen-bond donors (Lipinski definition) is 2. The van der Waals surface area contributed by atoms with Crippen LogP contribution in [0.5, 0.6) is 5.75 Å². The van der Waals surface area contributed by atoms with Crippen molar-refractivity contribution in [3.63, 3.8) is 0 Å². The van der Waals surface area contributed by atoms with Gasteiger partial charge in [0.05, 0.1) is 18.5 Å². The molecule has 0 saturated carbocycles. The van der Waals surface area contributed by atoms with Crippen LogP contribution >= 0.6 is 0 Å². The summed E-state index contributed by atoms with van der Waals surface area (Å²) in [6.45, 7) is 3.96. The van der Waals surface area contributed by atoms with Crippen LogP contribution in [0.4, 0.5) is 15.8 Å². The number of likely N-dealkylation sites (tertiary alicyclic amines) is 1. The Kier molecular flexibility index (Phi) is 5.47. The van der Waals surface area contributed by atoms with Crippen LogP contribution in [0.1, 0.15) is 25.7 Å². The topological polar surface area (TPSA) is 50.5 Å². The molecule has 0 bridgehead atoms. The highest BCUT2D eigenvalue weighted by atomic mass is 19.1. The van der Waals surface area contributed by atoms with Crippen LogP contribution in [-0.4, -0.2) is 38.2 Å². The SMILES string of the molecule is COc1cc(NCCN2CCCCCC2)c(F)cc1N. The molecule has 0 aliphatic carbocycles. The maximum Gasteiger partial charge on any atom is 0.148 e. The van der Waals surface area contributed by atoms with Gasteiger partial charge in [0.25, 0.3) is 0 Å². The zero-order chi connectivity index (χ0) is 14.4. The van der Waals surface area contributed by atoms with E-state index in [1.54, 1.807) is 6.07 Å². The van der Waals surface area contributed by atoms with Gasteiger partial charge in [0.1, 0.15) is 11.6 Å². The number of nitrogens with zero attached hydrogens (tertiary/aromatic N) is 1. The number of nitrogens with one attached hydrogen (secondary N) is 1. The third-order valence-corrected chi connectivity index (χ3v) is 3.76. The molecule has 1 aromatic carbocycles. The molecular formula is C15H24FN3O. The summed E-state index contributed by atoms with van der Waals surface area (Å²) in [7, 11) is 1.53. The van der Waals surface area contributed by atoms with Crippen LogP contribution in [0, 0.1) is 5.82 Å². The van der Waals surface area contributed by atoms with E-state index in [4.69, 9.17) is 10.5 Å². The van der Waals surface area contributed by atoms with Gasteiger partial charge in [-0.1, -0.05) is 12.8 Å². The normalized spacial score (nSPS) is 16.7. The maximum absolute atomic E-state index is 13.8. The quantitative estimate of drug-likeness (QED) is 0.815. The summed E-state index contributed by atoms with van der Waals surface area (Å²) >= 11 is 0. The second kappa shape index (κ2) is 7.33. The van der Waals surface area contributed by atoms with Gasteiger partial charge >= 0.3 is 0 Å². The minimum atomic E-state index is -0.334. The van der Waals surface area contributed by atoms with Gasteiger partial charge in [-0.05, 0) is 25.9 Å². The molecule has 1 aromatic rings. The van der Waals surface area contributed by atoms with Gasteiger partial charge in [0, 0.05) is 25.2 Å². The largest absolute Gasteiger partial charge is 0.495 e. The third-order valence-electron chi connectivity index (χ3n) is 3.76. The van der Waals surface area contributed by atoms with E-state index in [-0.39, 0.29) is 5.82 Å². The number of ether oxygens (including phenoxy) is 1. The van der Waals surface area contributed by atoms with Crippen LogP contribution in [0.3, 0.4) is 0 Å². The molecule has 5 heteroatoms. The lowest BCUT2D eigenvalue weighted by atomic mass is 10.2. The molecule has 0 spiro atoms. The molecule has 0 aromatic heterocycles. The average Bonchev–Trinajstić information content (AvgIpc) is 2.70. The summed E-state index contributed by atoms with van der Waals surface area (Å²) in [6, 6.07) is 2.92. The van der Waals surface area contributed by atoms with Crippen molar-refractivity contribution in [1.29, 1.82) is 0 Å². The number of halogens is 1. The molecule has 1 fully saturated rings. The zero-order valence-corrected chi connectivity index (χ0v) is 12.1. The van der Waals surface area contributed by atoms with E-state index in [2.05, 4.69) is 10.2 Å². The lowest BCUT2D eigenvalue weighted by Crippen LogP contribution is -2.30. The molecule has 0 radical (unpaired) electrons. The summed E-state index contributed by atoms with van der Waals surface area (Å²) in [5, 5.41) is 3.13. The minimum absolute atomic E-state index is 0.322. The Morgan fingerprint density at radius 1 is 1.25 bits per heavy atom. The highest BCUT2D eigenvalue weighted by Crippen LogP contribution is 2.28. The second-order valence-electron chi connectivity index (χ2n) is 5.26. The average molecular weight is 281 g/mol. The number of benzene rings is 1. The van der Waals surface area contributed by atoms with E-state index in [0.29, 0.717) is 17.1 Å². The Hall–Kier alpha value is -1.49. The fraction of sp³-hybridized carbons (Fsp3) is 0.600. The van der Waals surface area contributed by atoms with Gasteiger partial charge < -0.3 is 20.7 Å². The Morgan fingerprint density at radius 3 is 2.60 bits per heavy atom. The van der Waals surface area contributed by atoms with E-state index < -0.39 is 0 Å². The highest BCUT2D eigenvalue weighted by molar-refractivity contribution is 5.62. The van der Waals surface area contributed by atoms with Crippen molar-refractivity contribution < 1.29 is 9.13 Å². The number of anilines is 2. The summed E-state index contributed by atoms with van der Waals surface area (Å²) in [5.74, 6) is 0.169. The van der Waals surface area contributed by atoms with Crippen molar-refractivity contribution in [3.8, 4) is 5.75 Å². The fourth-order valence-electron chi connectivity index (χ4n) is 2.59. The first-order valence-electron chi connectivity index (χ1n) is 7.30. The third kappa shape index (κ3) is 4.00. The molecule has 20 heavy (non-hydrogen) atoms. The predicted octanol–water partition coefficient (Wildman–Crippen LogP) is 2.70. The van der Waals surface area contributed by atoms with Crippen molar-refractivity contribution in [2.75, 3.05) is 44.3 Å². The summed E-state index contributed by atoms with van der Waals surface area (Å²) in [5.41, 5.74) is 6.43. The van der Waals surface area contributed by atoms with Gasteiger partial charge in [-0.2, -0.15) is 0 Å². The molecule has 0 atom stereocenters. The van der Waals surface area contributed by atoms with Crippen LogP contribution in [-0.2, 0) is 0 Å². The number of nitrogen functional groups attached to an aromatic ring is 1. The summed E-state index contributed by atoms with van der Waals surface area (Å²) in [6.07, 6.45) is 5.19. The zero-order valence-electron chi connectivity index (χ0n) is 12.1. The lowest BCUT2D eigenvalue weighted by Gasteiger charge is -2.20. The van der Waals surface area contributed by atoms with Gasteiger partial charge in [-0.25, -0.2) is 4.39 Å². The van der Waals surface area contributed by atoms with Crippen LogP contribution in [0.15, 0.2) is 12.1 Å². The summed E-state index contributed by atoms with van der Waals surface area (Å²) < 4.78 is 18.9. The van der Waals surface area contributed by atoms with E-state index in [1.165, 1.54) is 38.9 Å². The van der Waals surface area contributed by atoms with Gasteiger partial charge in [0.15, 0.2) is 0 Å². The van der Waals surface area contributed by atoms with E-state index in [9.17, 15) is 4.39 Å². The number of methoxy groups -OCH3 is 1. The minimum Gasteiger partial charge on any atom is -0.495 e. The molecule has 0 amide bonds. The second-order valence-corrected chi connectivity index (χ2v) is 5.26. The predicted molar refractivity (Wildman–Crippen MR) is 80.8 cm³/mol. The fourth-order valence-corrected chi connectivity index (χ4v) is 2.59. The molecule has 0 unspecified atom stereocenters. The van der Waals surface area contributed by atoms with Gasteiger partial charge in [0.2, 0.25) is 0 Å². The standard InChI is InChI=1S/C15H24FN3O/c1-20-15-11-14(12(16)10-13(15)17)18-6-9-19-7-4-2-3-5-8-19/h10-11,18H,2-9,17H2,1H3. The molecule has 1 heterocycles. The van der Waals surface area contributed by atoms with Crippen LogP contribution in [0.25, 0.3) is 0 Å². The Morgan fingerprint density at radius 2 is 1.95 bits per heavy atom. The smallest absolute Gasteiger partial charge is 0.148 e. The first-order chi connectivity index (χ1) is 9.70. The Labute approximate surface area is 120 Å².